The minimum absolute atomic E-state index is 0.0227. The Balaban J connectivity index is 1.36. The number of benzene rings is 1. The molecule has 7 nitrogen and oxygen atoms in total. The van der Waals surface area contributed by atoms with E-state index in [1.54, 1.807) is 0 Å². The molecule has 2 fully saturated rings. The summed E-state index contributed by atoms with van der Waals surface area (Å²) in [5.41, 5.74) is 1.78. The van der Waals surface area contributed by atoms with Crippen molar-refractivity contribution < 1.29 is 9.32 Å². The number of nitrogens with zero attached hydrogens (tertiary/aromatic N) is 4. The lowest BCUT2D eigenvalue weighted by Gasteiger charge is -2.25. The van der Waals surface area contributed by atoms with Crippen LogP contribution < -0.4 is 5.32 Å². The van der Waals surface area contributed by atoms with Crippen molar-refractivity contribution in [3.63, 3.8) is 0 Å². The fourth-order valence-electron chi connectivity index (χ4n) is 5.33. The molecule has 1 saturated heterocycles. The van der Waals surface area contributed by atoms with Gasteiger partial charge in [-0.1, -0.05) is 35.5 Å². The number of aromatic nitrogens is 3. The van der Waals surface area contributed by atoms with Gasteiger partial charge in [-0.25, -0.2) is 0 Å². The summed E-state index contributed by atoms with van der Waals surface area (Å²) in [7, 11) is 1.89. The van der Waals surface area contributed by atoms with Gasteiger partial charge in [0.05, 0.1) is 5.41 Å². The van der Waals surface area contributed by atoms with Gasteiger partial charge >= 0.3 is 0 Å². The number of carbonyl (C=O) groups excluding carboxylic acids is 1. The van der Waals surface area contributed by atoms with Gasteiger partial charge in [-0.3, -0.25) is 9.69 Å². The first-order valence-electron chi connectivity index (χ1n) is 10.5. The van der Waals surface area contributed by atoms with Crippen molar-refractivity contribution in [3.05, 3.63) is 71.6 Å². The molecule has 3 heterocycles. The molecule has 1 aliphatic heterocycles. The van der Waals surface area contributed by atoms with E-state index in [1.165, 1.54) is 5.56 Å². The third-order valence-electron chi connectivity index (χ3n) is 6.66. The number of hydrogen-bond acceptors (Lipinski definition) is 5. The molecule has 7 heteroatoms. The summed E-state index contributed by atoms with van der Waals surface area (Å²) >= 11 is 0. The largest absolute Gasteiger partial charge is 0.348 e. The predicted octanol–water partition coefficient (Wildman–Crippen LogP) is 2.68. The molecule has 2 aromatic heterocycles. The SMILES string of the molecule is Cc1noc([C@]23C[C@H](NC(=O)c4cccn4C)C[C@H]2CN(Cc2ccccc2)C3)n1. The van der Waals surface area contributed by atoms with Gasteiger partial charge < -0.3 is 14.4 Å². The zero-order valence-corrected chi connectivity index (χ0v) is 17.4. The Morgan fingerprint density at radius 3 is 2.80 bits per heavy atom. The number of amides is 1. The molecule has 1 amide bonds. The summed E-state index contributed by atoms with van der Waals surface area (Å²) in [6.45, 7) is 4.60. The topological polar surface area (TPSA) is 76.2 Å². The van der Waals surface area contributed by atoms with Crippen LogP contribution in [0.2, 0.25) is 0 Å². The molecule has 3 atom stereocenters. The Labute approximate surface area is 176 Å². The van der Waals surface area contributed by atoms with Gasteiger partial charge in [-0.05, 0) is 43.4 Å². The van der Waals surface area contributed by atoms with Crippen LogP contribution in [0.1, 0.15) is 40.6 Å². The molecule has 30 heavy (non-hydrogen) atoms. The van der Waals surface area contributed by atoms with Crippen LogP contribution in [0.4, 0.5) is 0 Å². The average Bonchev–Trinajstić information content (AvgIpc) is 3.46. The highest BCUT2D eigenvalue weighted by Crippen LogP contribution is 2.50. The molecule has 0 unspecified atom stereocenters. The molecule has 0 radical (unpaired) electrons. The minimum Gasteiger partial charge on any atom is -0.348 e. The molecule has 156 valence electrons. The standard InChI is InChI=1S/C23H27N5O2/c1-16-24-22(30-26-16)23-12-19(25-21(29)20-9-6-10-27(20)2)11-18(23)14-28(15-23)13-17-7-4-3-5-8-17/h3-10,18-19H,11-15H2,1-2H3,(H,25,29)/t18-,19+,23-/m0/s1. The molecule has 1 aliphatic carbocycles. The van der Waals surface area contributed by atoms with Crippen molar-refractivity contribution >= 4 is 5.91 Å². The van der Waals surface area contributed by atoms with E-state index >= 15 is 0 Å². The third kappa shape index (κ3) is 3.33. The first kappa shape index (κ1) is 19.1. The quantitative estimate of drug-likeness (QED) is 0.706. The van der Waals surface area contributed by atoms with Gasteiger partial charge in [-0.2, -0.15) is 4.98 Å². The molecule has 5 rings (SSSR count). The first-order valence-corrected chi connectivity index (χ1v) is 10.5. The van der Waals surface area contributed by atoms with E-state index in [-0.39, 0.29) is 17.4 Å². The summed E-state index contributed by atoms with van der Waals surface area (Å²) in [6.07, 6.45) is 3.63. The number of fused-ring (bicyclic) bond motifs is 1. The summed E-state index contributed by atoms with van der Waals surface area (Å²) in [5, 5.41) is 7.32. The van der Waals surface area contributed by atoms with Gasteiger partial charge in [0, 0.05) is 38.9 Å². The van der Waals surface area contributed by atoms with Crippen molar-refractivity contribution in [1.29, 1.82) is 0 Å². The maximum absolute atomic E-state index is 12.8. The second kappa shape index (κ2) is 7.40. The second-order valence-electron chi connectivity index (χ2n) is 8.77. The van der Waals surface area contributed by atoms with Crippen molar-refractivity contribution in [3.8, 4) is 0 Å². The van der Waals surface area contributed by atoms with E-state index in [1.807, 2.05) is 42.9 Å². The average molecular weight is 406 g/mol. The Morgan fingerprint density at radius 1 is 1.27 bits per heavy atom. The molecular weight excluding hydrogens is 378 g/mol. The number of likely N-dealkylation sites (tertiary alicyclic amines) is 1. The molecule has 0 spiro atoms. The first-order chi connectivity index (χ1) is 14.5. The Morgan fingerprint density at radius 2 is 2.10 bits per heavy atom. The minimum atomic E-state index is -0.206. The lowest BCUT2D eigenvalue weighted by Crippen LogP contribution is -2.38. The smallest absolute Gasteiger partial charge is 0.268 e. The summed E-state index contributed by atoms with van der Waals surface area (Å²) < 4.78 is 7.54. The summed E-state index contributed by atoms with van der Waals surface area (Å²) in [4.78, 5) is 19.9. The van der Waals surface area contributed by atoms with Crippen LogP contribution in [0.3, 0.4) is 0 Å². The van der Waals surface area contributed by atoms with Gasteiger partial charge in [-0.15, -0.1) is 0 Å². The van der Waals surface area contributed by atoms with E-state index in [0.717, 1.165) is 38.4 Å². The van der Waals surface area contributed by atoms with Gasteiger partial charge in [0.2, 0.25) is 5.89 Å². The van der Waals surface area contributed by atoms with Crippen LogP contribution in [0.15, 0.2) is 53.2 Å². The lowest BCUT2D eigenvalue weighted by molar-refractivity contribution is 0.0925. The zero-order chi connectivity index (χ0) is 20.7. The lowest BCUT2D eigenvalue weighted by atomic mass is 9.80. The van der Waals surface area contributed by atoms with Crippen molar-refractivity contribution in [2.24, 2.45) is 13.0 Å². The second-order valence-corrected chi connectivity index (χ2v) is 8.77. The van der Waals surface area contributed by atoms with Crippen LogP contribution in [0.5, 0.6) is 0 Å². The number of hydrogen-bond donors (Lipinski definition) is 1. The van der Waals surface area contributed by atoms with Gasteiger partial charge in [0.1, 0.15) is 5.69 Å². The van der Waals surface area contributed by atoms with Crippen LogP contribution in [0.25, 0.3) is 0 Å². The highest BCUT2D eigenvalue weighted by Gasteiger charge is 2.57. The van der Waals surface area contributed by atoms with Crippen LogP contribution in [-0.4, -0.2) is 44.6 Å². The van der Waals surface area contributed by atoms with E-state index in [9.17, 15) is 4.79 Å². The molecule has 1 N–H and O–H groups in total. The van der Waals surface area contributed by atoms with Gasteiger partial charge in [0.15, 0.2) is 5.82 Å². The van der Waals surface area contributed by atoms with Gasteiger partial charge in [0.25, 0.3) is 5.91 Å². The molecule has 1 saturated carbocycles. The fraction of sp³-hybridized carbons (Fsp3) is 0.435. The molecule has 1 aromatic carbocycles. The van der Waals surface area contributed by atoms with Crippen molar-refractivity contribution in [1.82, 2.24) is 24.9 Å². The molecular formula is C23H27N5O2. The Bertz CT molecular complexity index is 1040. The molecule has 3 aromatic rings. The van der Waals surface area contributed by atoms with E-state index in [2.05, 4.69) is 44.6 Å². The van der Waals surface area contributed by atoms with Crippen molar-refractivity contribution in [2.45, 2.75) is 37.8 Å². The monoisotopic (exact) mass is 405 g/mol. The maximum Gasteiger partial charge on any atom is 0.268 e. The highest BCUT2D eigenvalue weighted by molar-refractivity contribution is 5.92. The number of carbonyl (C=O) groups is 1. The Hall–Kier alpha value is -2.93. The number of aryl methyl sites for hydroxylation is 2. The molecule has 2 aliphatic rings. The van der Waals surface area contributed by atoms with E-state index in [0.29, 0.717) is 17.4 Å². The maximum atomic E-state index is 12.8. The highest BCUT2D eigenvalue weighted by atomic mass is 16.5. The zero-order valence-electron chi connectivity index (χ0n) is 17.4. The Kier molecular flexibility index (Phi) is 4.70. The summed E-state index contributed by atoms with van der Waals surface area (Å²) in [5.74, 6) is 1.73. The molecule has 0 bridgehead atoms. The van der Waals surface area contributed by atoms with E-state index in [4.69, 9.17) is 4.52 Å². The number of rotatable bonds is 5. The normalized spacial score (nSPS) is 26.1. The number of nitrogens with one attached hydrogen (secondary N) is 1. The third-order valence-corrected chi connectivity index (χ3v) is 6.66. The predicted molar refractivity (Wildman–Crippen MR) is 112 cm³/mol. The van der Waals surface area contributed by atoms with Crippen LogP contribution >= 0.6 is 0 Å². The van der Waals surface area contributed by atoms with Crippen LogP contribution in [0, 0.1) is 12.8 Å². The summed E-state index contributed by atoms with van der Waals surface area (Å²) in [6, 6.07) is 14.4. The van der Waals surface area contributed by atoms with Crippen molar-refractivity contribution in [2.75, 3.05) is 13.1 Å². The van der Waals surface area contributed by atoms with Crippen LogP contribution in [-0.2, 0) is 19.0 Å². The van der Waals surface area contributed by atoms with E-state index < -0.39 is 0 Å². The fourth-order valence-corrected chi connectivity index (χ4v) is 5.33.